The van der Waals surface area contributed by atoms with Crippen LogP contribution < -0.4 is 5.73 Å². The van der Waals surface area contributed by atoms with Gasteiger partial charge in [-0.05, 0) is 13.2 Å². The SMILES string of the molecule is CSc1nnc(C(N)C(=O)O)c(C)n1. The second-order valence-corrected chi connectivity index (χ2v) is 3.36. The maximum atomic E-state index is 10.6. The lowest BCUT2D eigenvalue weighted by molar-refractivity contribution is -0.138. The molecular formula is C7H10N4O2S. The van der Waals surface area contributed by atoms with Gasteiger partial charge in [0.15, 0.2) is 0 Å². The smallest absolute Gasteiger partial charge is 0.326 e. The van der Waals surface area contributed by atoms with E-state index in [0.717, 1.165) is 0 Å². The Balaban J connectivity index is 3.05. The van der Waals surface area contributed by atoms with E-state index in [1.54, 1.807) is 6.92 Å². The standard InChI is InChI=1S/C7H10N4O2S/c1-3-5(4(8)6(12)13)10-11-7(9-3)14-2/h4H,8H2,1-2H3,(H,12,13). The summed E-state index contributed by atoms with van der Waals surface area (Å²) >= 11 is 1.34. The lowest BCUT2D eigenvalue weighted by atomic mass is 10.2. The van der Waals surface area contributed by atoms with Crippen LogP contribution in [0.5, 0.6) is 0 Å². The molecule has 7 heteroatoms. The molecule has 0 aromatic carbocycles. The summed E-state index contributed by atoms with van der Waals surface area (Å²) < 4.78 is 0. The Morgan fingerprint density at radius 2 is 2.21 bits per heavy atom. The number of aliphatic carboxylic acids is 1. The highest BCUT2D eigenvalue weighted by Crippen LogP contribution is 2.13. The zero-order chi connectivity index (χ0) is 10.7. The molecule has 0 bridgehead atoms. The second-order valence-electron chi connectivity index (χ2n) is 2.59. The summed E-state index contributed by atoms with van der Waals surface area (Å²) in [4.78, 5) is 14.6. The lowest BCUT2D eigenvalue weighted by Gasteiger charge is -2.07. The molecule has 1 unspecified atom stereocenters. The van der Waals surface area contributed by atoms with E-state index >= 15 is 0 Å². The van der Waals surface area contributed by atoms with Crippen LogP contribution in [0.2, 0.25) is 0 Å². The van der Waals surface area contributed by atoms with Crippen LogP contribution in [0, 0.1) is 6.92 Å². The van der Waals surface area contributed by atoms with Crippen molar-refractivity contribution in [2.24, 2.45) is 5.73 Å². The van der Waals surface area contributed by atoms with Crippen molar-refractivity contribution in [3.05, 3.63) is 11.4 Å². The molecular weight excluding hydrogens is 204 g/mol. The van der Waals surface area contributed by atoms with Gasteiger partial charge in [-0.25, -0.2) is 4.98 Å². The van der Waals surface area contributed by atoms with E-state index in [1.165, 1.54) is 11.8 Å². The molecule has 1 aromatic rings. The van der Waals surface area contributed by atoms with Gasteiger partial charge in [0.05, 0.1) is 5.69 Å². The largest absolute Gasteiger partial charge is 0.480 e. The first kappa shape index (κ1) is 10.9. The maximum Gasteiger partial charge on any atom is 0.326 e. The summed E-state index contributed by atoms with van der Waals surface area (Å²) in [5.41, 5.74) is 6.08. The Hall–Kier alpha value is -1.21. The Labute approximate surface area is 84.9 Å². The number of thioether (sulfide) groups is 1. The molecule has 1 atom stereocenters. The van der Waals surface area contributed by atoms with Gasteiger partial charge in [-0.15, -0.1) is 10.2 Å². The molecule has 14 heavy (non-hydrogen) atoms. The first-order valence-corrected chi connectivity index (χ1v) is 5.02. The van der Waals surface area contributed by atoms with Gasteiger partial charge in [-0.3, -0.25) is 4.79 Å². The Morgan fingerprint density at radius 3 is 2.64 bits per heavy atom. The van der Waals surface area contributed by atoms with Crippen molar-refractivity contribution in [1.82, 2.24) is 15.2 Å². The number of hydrogen-bond acceptors (Lipinski definition) is 6. The molecule has 1 heterocycles. The van der Waals surface area contributed by atoms with Gasteiger partial charge < -0.3 is 10.8 Å². The summed E-state index contributed by atoms with van der Waals surface area (Å²) in [5, 5.41) is 16.6. The number of aryl methyl sites for hydroxylation is 1. The first-order chi connectivity index (χ1) is 6.56. The van der Waals surface area contributed by atoms with Crippen LogP contribution in [0.25, 0.3) is 0 Å². The van der Waals surface area contributed by atoms with Gasteiger partial charge in [0, 0.05) is 0 Å². The fraction of sp³-hybridized carbons (Fsp3) is 0.429. The van der Waals surface area contributed by atoms with E-state index in [-0.39, 0.29) is 5.69 Å². The summed E-state index contributed by atoms with van der Waals surface area (Å²) in [6, 6.07) is -1.16. The Bertz CT molecular complexity index is 358. The van der Waals surface area contributed by atoms with E-state index in [0.29, 0.717) is 10.9 Å². The minimum atomic E-state index is -1.16. The summed E-state index contributed by atoms with van der Waals surface area (Å²) in [6.07, 6.45) is 1.81. The molecule has 0 aliphatic rings. The molecule has 3 N–H and O–H groups in total. The number of carboxylic acid groups (broad SMARTS) is 1. The highest BCUT2D eigenvalue weighted by atomic mass is 32.2. The van der Waals surface area contributed by atoms with Gasteiger partial charge >= 0.3 is 5.97 Å². The van der Waals surface area contributed by atoms with E-state index in [1.807, 2.05) is 6.26 Å². The van der Waals surface area contributed by atoms with Gasteiger partial charge in [-0.1, -0.05) is 11.8 Å². The molecule has 1 rings (SSSR count). The van der Waals surface area contributed by atoms with Crippen molar-refractivity contribution in [3.63, 3.8) is 0 Å². The maximum absolute atomic E-state index is 10.6. The van der Waals surface area contributed by atoms with Crippen LogP contribution in [0.4, 0.5) is 0 Å². The quantitative estimate of drug-likeness (QED) is 0.682. The highest BCUT2D eigenvalue weighted by Gasteiger charge is 2.19. The first-order valence-electron chi connectivity index (χ1n) is 3.80. The zero-order valence-electron chi connectivity index (χ0n) is 7.76. The lowest BCUT2D eigenvalue weighted by Crippen LogP contribution is -2.24. The van der Waals surface area contributed by atoms with Crippen molar-refractivity contribution in [3.8, 4) is 0 Å². The molecule has 0 saturated heterocycles. The molecule has 76 valence electrons. The van der Waals surface area contributed by atoms with Crippen molar-refractivity contribution < 1.29 is 9.90 Å². The Kier molecular flexibility index (Phi) is 3.37. The normalized spacial score (nSPS) is 12.5. The zero-order valence-corrected chi connectivity index (χ0v) is 8.58. The molecule has 1 aromatic heterocycles. The second kappa shape index (κ2) is 4.34. The highest BCUT2D eigenvalue weighted by molar-refractivity contribution is 7.98. The topological polar surface area (TPSA) is 102 Å². The minimum absolute atomic E-state index is 0.204. The predicted molar refractivity (Wildman–Crippen MR) is 50.9 cm³/mol. The van der Waals surface area contributed by atoms with E-state index in [2.05, 4.69) is 15.2 Å². The summed E-state index contributed by atoms with van der Waals surface area (Å²) in [7, 11) is 0. The van der Waals surface area contributed by atoms with Gasteiger partial charge in [0.2, 0.25) is 5.16 Å². The number of hydrogen-bond donors (Lipinski definition) is 2. The van der Waals surface area contributed by atoms with Crippen LogP contribution in [0.1, 0.15) is 17.4 Å². The van der Waals surface area contributed by atoms with Crippen molar-refractivity contribution in [1.29, 1.82) is 0 Å². The third-order valence-electron chi connectivity index (χ3n) is 1.62. The third-order valence-corrected chi connectivity index (χ3v) is 2.16. The predicted octanol–water partition coefficient (Wildman–Crippen LogP) is -0.0137. The van der Waals surface area contributed by atoms with Crippen LogP contribution in [-0.4, -0.2) is 32.5 Å². The number of carboxylic acids is 1. The molecule has 0 radical (unpaired) electrons. The minimum Gasteiger partial charge on any atom is -0.480 e. The Morgan fingerprint density at radius 1 is 1.57 bits per heavy atom. The average Bonchev–Trinajstić information content (AvgIpc) is 2.16. The van der Waals surface area contributed by atoms with Crippen LogP contribution in [-0.2, 0) is 4.79 Å². The number of nitrogens with two attached hydrogens (primary N) is 1. The molecule has 0 aliphatic carbocycles. The average molecular weight is 214 g/mol. The number of rotatable bonds is 3. The summed E-state index contributed by atoms with van der Waals surface area (Å²) in [5.74, 6) is -1.14. The molecule has 0 aliphatic heterocycles. The number of nitrogens with zero attached hydrogens (tertiary/aromatic N) is 3. The van der Waals surface area contributed by atoms with Crippen molar-refractivity contribution in [2.75, 3.05) is 6.26 Å². The molecule has 0 spiro atoms. The molecule has 6 nitrogen and oxygen atoms in total. The van der Waals surface area contributed by atoms with E-state index in [9.17, 15) is 4.79 Å². The molecule has 0 amide bonds. The van der Waals surface area contributed by atoms with Crippen molar-refractivity contribution >= 4 is 17.7 Å². The van der Waals surface area contributed by atoms with Gasteiger partial charge in [0.25, 0.3) is 0 Å². The van der Waals surface area contributed by atoms with Crippen LogP contribution >= 0.6 is 11.8 Å². The molecule has 0 fully saturated rings. The van der Waals surface area contributed by atoms with Crippen LogP contribution in [0.15, 0.2) is 5.16 Å². The van der Waals surface area contributed by atoms with Crippen molar-refractivity contribution in [2.45, 2.75) is 18.1 Å². The fourth-order valence-corrected chi connectivity index (χ4v) is 1.23. The monoisotopic (exact) mass is 214 g/mol. The summed E-state index contributed by atoms with van der Waals surface area (Å²) in [6.45, 7) is 1.66. The number of aromatic nitrogens is 3. The third kappa shape index (κ3) is 2.18. The fourth-order valence-electron chi connectivity index (χ4n) is 0.883. The molecule has 0 saturated carbocycles. The van der Waals surface area contributed by atoms with E-state index < -0.39 is 12.0 Å². The van der Waals surface area contributed by atoms with Gasteiger partial charge in [0.1, 0.15) is 11.7 Å². The van der Waals surface area contributed by atoms with Gasteiger partial charge in [-0.2, -0.15) is 0 Å². The number of carbonyl (C=O) groups is 1. The van der Waals surface area contributed by atoms with E-state index in [4.69, 9.17) is 10.8 Å². The van der Waals surface area contributed by atoms with Crippen LogP contribution in [0.3, 0.4) is 0 Å².